The molecule has 1 unspecified atom stereocenters. The van der Waals surface area contributed by atoms with Crippen LogP contribution in [0.25, 0.3) is 0 Å². The zero-order valence-electron chi connectivity index (χ0n) is 7.84. The Morgan fingerprint density at radius 1 is 0.818 bits per heavy atom. The average Bonchev–Trinajstić information content (AvgIpc) is 2.30. The van der Waals surface area contributed by atoms with E-state index in [0.29, 0.717) is 0 Å². The van der Waals surface area contributed by atoms with Crippen molar-refractivity contribution in [1.82, 2.24) is 0 Å². The van der Waals surface area contributed by atoms with Crippen molar-refractivity contribution in [3.8, 4) is 0 Å². The molecule has 0 amide bonds. The van der Waals surface area contributed by atoms with Crippen molar-refractivity contribution in [2.75, 3.05) is 0 Å². The Morgan fingerprint density at radius 2 is 1.27 bits per heavy atom. The van der Waals surface area contributed by atoms with Gasteiger partial charge in [0.2, 0.25) is 0 Å². The molecule has 0 nitrogen and oxygen atoms in total. The first-order valence-corrected chi connectivity index (χ1v) is 5.29. The van der Waals surface area contributed by atoms with Gasteiger partial charge in [0.05, 0.1) is 0 Å². The Morgan fingerprint density at radius 3 is 1.73 bits per heavy atom. The summed E-state index contributed by atoms with van der Waals surface area (Å²) in [4.78, 5) is 0. The summed E-state index contributed by atoms with van der Waals surface area (Å²) < 4.78 is 0. The third kappa shape index (κ3) is 1.21. The molecule has 11 heavy (non-hydrogen) atoms. The second-order valence-corrected chi connectivity index (χ2v) is 4.80. The largest absolute Gasteiger partial charge is 0.0622 e. The SMILES string of the molecule is C[C@@H]1C[C@H](C)[C@@H]2CCCCC12. The quantitative estimate of drug-likeness (QED) is 0.498. The summed E-state index contributed by atoms with van der Waals surface area (Å²) in [5.41, 5.74) is 0. The molecule has 2 saturated carbocycles. The second kappa shape index (κ2) is 2.80. The van der Waals surface area contributed by atoms with Gasteiger partial charge < -0.3 is 0 Å². The van der Waals surface area contributed by atoms with E-state index >= 15 is 0 Å². The standard InChI is InChI=1S/C11H20/c1-8-7-9(2)11-6-4-3-5-10(8)11/h8-11H,3-7H2,1-2H3/t8-,9+,10-,11?/m0/s1. The highest BCUT2D eigenvalue weighted by Crippen LogP contribution is 2.48. The molecular formula is C11H20. The predicted octanol–water partition coefficient (Wildman–Crippen LogP) is 3.47. The minimum atomic E-state index is 1.04. The van der Waals surface area contributed by atoms with E-state index in [1.807, 2.05) is 0 Å². The zero-order chi connectivity index (χ0) is 7.84. The maximum absolute atomic E-state index is 2.46. The van der Waals surface area contributed by atoms with Crippen molar-refractivity contribution in [2.45, 2.75) is 46.0 Å². The lowest BCUT2D eigenvalue weighted by Crippen LogP contribution is -2.19. The average molecular weight is 152 g/mol. The zero-order valence-corrected chi connectivity index (χ0v) is 7.84. The van der Waals surface area contributed by atoms with Gasteiger partial charge in [-0.15, -0.1) is 0 Å². The van der Waals surface area contributed by atoms with Gasteiger partial charge in [-0.2, -0.15) is 0 Å². The van der Waals surface area contributed by atoms with Crippen LogP contribution in [0.1, 0.15) is 46.0 Å². The molecule has 0 bridgehead atoms. The third-order valence-electron chi connectivity index (χ3n) is 4.08. The molecule has 0 heteroatoms. The number of rotatable bonds is 0. The van der Waals surface area contributed by atoms with Crippen molar-refractivity contribution in [2.24, 2.45) is 23.7 Å². The summed E-state index contributed by atoms with van der Waals surface area (Å²) in [5, 5.41) is 0. The van der Waals surface area contributed by atoms with E-state index in [1.54, 1.807) is 0 Å². The van der Waals surface area contributed by atoms with Crippen LogP contribution in [-0.2, 0) is 0 Å². The summed E-state index contributed by atoms with van der Waals surface area (Å²) >= 11 is 0. The van der Waals surface area contributed by atoms with Crippen molar-refractivity contribution in [1.29, 1.82) is 0 Å². The Hall–Kier alpha value is 0. The van der Waals surface area contributed by atoms with E-state index in [9.17, 15) is 0 Å². The Bertz CT molecular complexity index is 123. The van der Waals surface area contributed by atoms with E-state index in [2.05, 4.69) is 13.8 Å². The molecule has 4 atom stereocenters. The lowest BCUT2D eigenvalue weighted by atomic mass is 9.77. The van der Waals surface area contributed by atoms with E-state index in [0.717, 1.165) is 23.7 Å². The molecule has 0 aromatic carbocycles. The molecule has 2 rings (SSSR count). The van der Waals surface area contributed by atoms with Crippen LogP contribution in [0.5, 0.6) is 0 Å². The van der Waals surface area contributed by atoms with Gasteiger partial charge in [-0.1, -0.05) is 26.7 Å². The fourth-order valence-corrected chi connectivity index (χ4v) is 3.54. The van der Waals surface area contributed by atoms with Crippen LogP contribution in [0.3, 0.4) is 0 Å². The topological polar surface area (TPSA) is 0 Å². The molecule has 0 heterocycles. The normalized spacial score (nSPS) is 50.7. The number of hydrogen-bond acceptors (Lipinski definition) is 0. The summed E-state index contributed by atoms with van der Waals surface area (Å²) in [5.74, 6) is 4.29. The smallest absolute Gasteiger partial charge is 0.0357 e. The Labute approximate surface area is 70.4 Å². The minimum absolute atomic E-state index is 1.04. The molecule has 0 aromatic rings. The number of fused-ring (bicyclic) bond motifs is 1. The van der Waals surface area contributed by atoms with Crippen LogP contribution in [0.15, 0.2) is 0 Å². The van der Waals surface area contributed by atoms with E-state index in [-0.39, 0.29) is 0 Å². The van der Waals surface area contributed by atoms with Crippen LogP contribution in [-0.4, -0.2) is 0 Å². The molecule has 0 spiro atoms. The molecule has 0 aromatic heterocycles. The molecular weight excluding hydrogens is 132 g/mol. The van der Waals surface area contributed by atoms with Gasteiger partial charge in [-0.25, -0.2) is 0 Å². The first-order chi connectivity index (χ1) is 5.29. The first-order valence-electron chi connectivity index (χ1n) is 5.29. The molecule has 64 valence electrons. The fourth-order valence-electron chi connectivity index (χ4n) is 3.54. The van der Waals surface area contributed by atoms with E-state index < -0.39 is 0 Å². The van der Waals surface area contributed by atoms with Crippen molar-refractivity contribution >= 4 is 0 Å². The molecule has 0 radical (unpaired) electrons. The maximum atomic E-state index is 2.46. The van der Waals surface area contributed by atoms with Crippen LogP contribution in [0, 0.1) is 23.7 Å². The summed E-state index contributed by atoms with van der Waals surface area (Å²) in [6, 6.07) is 0. The van der Waals surface area contributed by atoms with Gasteiger partial charge in [0.25, 0.3) is 0 Å². The Balaban J connectivity index is 2.07. The van der Waals surface area contributed by atoms with Crippen LogP contribution in [0.2, 0.25) is 0 Å². The van der Waals surface area contributed by atoms with E-state index in [1.165, 1.54) is 32.1 Å². The highest BCUT2D eigenvalue weighted by molar-refractivity contribution is 4.89. The summed E-state index contributed by atoms with van der Waals surface area (Å²) in [6.07, 6.45) is 7.61. The summed E-state index contributed by atoms with van der Waals surface area (Å²) in [6.45, 7) is 4.93. The van der Waals surface area contributed by atoms with Crippen LogP contribution in [0.4, 0.5) is 0 Å². The lowest BCUT2D eigenvalue weighted by molar-refractivity contribution is 0.214. The van der Waals surface area contributed by atoms with Crippen LogP contribution < -0.4 is 0 Å². The van der Waals surface area contributed by atoms with E-state index in [4.69, 9.17) is 0 Å². The van der Waals surface area contributed by atoms with Crippen LogP contribution >= 0.6 is 0 Å². The van der Waals surface area contributed by atoms with Crippen molar-refractivity contribution in [3.63, 3.8) is 0 Å². The third-order valence-corrected chi connectivity index (χ3v) is 4.08. The fraction of sp³-hybridized carbons (Fsp3) is 1.00. The second-order valence-electron chi connectivity index (χ2n) is 4.80. The molecule has 0 saturated heterocycles. The van der Waals surface area contributed by atoms with Gasteiger partial charge >= 0.3 is 0 Å². The van der Waals surface area contributed by atoms with Gasteiger partial charge in [-0.05, 0) is 42.9 Å². The number of hydrogen-bond donors (Lipinski definition) is 0. The lowest BCUT2D eigenvalue weighted by Gasteiger charge is -2.29. The highest BCUT2D eigenvalue weighted by atomic mass is 14.4. The molecule has 2 fully saturated rings. The van der Waals surface area contributed by atoms with Gasteiger partial charge in [-0.3, -0.25) is 0 Å². The van der Waals surface area contributed by atoms with Gasteiger partial charge in [0, 0.05) is 0 Å². The predicted molar refractivity (Wildman–Crippen MR) is 48.4 cm³/mol. The molecule has 2 aliphatic rings. The first kappa shape index (κ1) is 7.64. The molecule has 2 aliphatic carbocycles. The van der Waals surface area contributed by atoms with Gasteiger partial charge in [0.1, 0.15) is 0 Å². The molecule has 0 N–H and O–H groups in total. The summed E-state index contributed by atoms with van der Waals surface area (Å²) in [7, 11) is 0. The van der Waals surface area contributed by atoms with Crippen molar-refractivity contribution < 1.29 is 0 Å². The maximum Gasteiger partial charge on any atom is -0.0357 e. The highest BCUT2D eigenvalue weighted by Gasteiger charge is 2.39. The van der Waals surface area contributed by atoms with Crippen molar-refractivity contribution in [3.05, 3.63) is 0 Å². The minimum Gasteiger partial charge on any atom is -0.0622 e. The monoisotopic (exact) mass is 152 g/mol. The van der Waals surface area contributed by atoms with Gasteiger partial charge in [0.15, 0.2) is 0 Å². The Kier molecular flexibility index (Phi) is 1.95. The molecule has 0 aliphatic heterocycles.